The van der Waals surface area contributed by atoms with Gasteiger partial charge in [-0.05, 0) is 68.4 Å². The Morgan fingerprint density at radius 1 is 0.966 bits per heavy atom. The van der Waals surface area contributed by atoms with Gasteiger partial charge in [0.25, 0.3) is 5.91 Å². The van der Waals surface area contributed by atoms with Crippen molar-refractivity contribution in [3.63, 3.8) is 0 Å². The lowest BCUT2D eigenvalue weighted by Gasteiger charge is -2.39. The molecule has 2 amide bonds. The highest BCUT2D eigenvalue weighted by molar-refractivity contribution is 5.94. The first-order valence-corrected chi connectivity index (χ1v) is 10.5. The lowest BCUT2D eigenvalue weighted by molar-refractivity contribution is -0.135. The zero-order chi connectivity index (χ0) is 20.2. The van der Waals surface area contributed by atoms with Crippen LogP contribution in [-0.2, 0) is 11.2 Å². The van der Waals surface area contributed by atoms with E-state index in [1.807, 2.05) is 18.2 Å². The van der Waals surface area contributed by atoms with Gasteiger partial charge in [0.15, 0.2) is 0 Å². The van der Waals surface area contributed by atoms with E-state index < -0.39 is 0 Å². The smallest absolute Gasteiger partial charge is 0.251 e. The largest absolute Gasteiger partial charge is 0.349 e. The minimum Gasteiger partial charge on any atom is -0.349 e. The molecule has 2 aliphatic rings. The second-order valence-electron chi connectivity index (χ2n) is 8.17. The number of amides is 2. The summed E-state index contributed by atoms with van der Waals surface area (Å²) in [5.41, 5.74) is 1.74. The maximum atomic E-state index is 13.1. The number of halogens is 1. The zero-order valence-electron chi connectivity index (χ0n) is 16.5. The van der Waals surface area contributed by atoms with E-state index in [1.54, 1.807) is 0 Å². The Morgan fingerprint density at radius 3 is 2.28 bits per heavy atom. The monoisotopic (exact) mass is 394 g/mol. The molecule has 2 aromatic carbocycles. The van der Waals surface area contributed by atoms with Gasteiger partial charge in [0.1, 0.15) is 5.82 Å². The van der Waals surface area contributed by atoms with Crippen molar-refractivity contribution in [3.05, 3.63) is 71.5 Å². The molecule has 2 aromatic rings. The number of nitrogens with one attached hydrogen (secondary N) is 1. The van der Waals surface area contributed by atoms with Crippen LogP contribution in [0.1, 0.15) is 54.4 Å². The fourth-order valence-corrected chi connectivity index (χ4v) is 4.79. The lowest BCUT2D eigenvalue weighted by Crippen LogP contribution is -2.52. The Kier molecular flexibility index (Phi) is 5.93. The average molecular weight is 394 g/mol. The molecule has 2 saturated heterocycles. The number of carbonyl (C=O) groups is 2. The fraction of sp³-hybridized carbons (Fsp3) is 0.417. The van der Waals surface area contributed by atoms with Crippen LogP contribution < -0.4 is 5.32 Å². The molecule has 2 aliphatic heterocycles. The predicted octanol–water partition coefficient (Wildman–Crippen LogP) is 4.10. The highest BCUT2D eigenvalue weighted by Crippen LogP contribution is 2.36. The van der Waals surface area contributed by atoms with Crippen molar-refractivity contribution in [2.45, 2.75) is 63.1 Å². The van der Waals surface area contributed by atoms with Gasteiger partial charge in [0.2, 0.25) is 5.91 Å². The van der Waals surface area contributed by atoms with Crippen molar-refractivity contribution < 1.29 is 14.0 Å². The molecule has 0 aliphatic carbocycles. The van der Waals surface area contributed by atoms with Gasteiger partial charge in [-0.1, -0.05) is 30.3 Å². The first-order valence-electron chi connectivity index (χ1n) is 10.5. The van der Waals surface area contributed by atoms with Gasteiger partial charge in [-0.25, -0.2) is 4.39 Å². The molecular formula is C24H27FN2O2. The van der Waals surface area contributed by atoms with Gasteiger partial charge in [-0.3, -0.25) is 9.59 Å². The summed E-state index contributed by atoms with van der Waals surface area (Å²) in [4.78, 5) is 27.4. The maximum Gasteiger partial charge on any atom is 0.251 e. The van der Waals surface area contributed by atoms with Crippen LogP contribution in [0.5, 0.6) is 0 Å². The van der Waals surface area contributed by atoms with E-state index in [1.165, 1.54) is 29.8 Å². The van der Waals surface area contributed by atoms with E-state index in [0.29, 0.717) is 12.0 Å². The van der Waals surface area contributed by atoms with E-state index in [0.717, 1.165) is 38.5 Å². The molecule has 2 unspecified atom stereocenters. The summed E-state index contributed by atoms with van der Waals surface area (Å²) in [7, 11) is 0. The Balaban J connectivity index is 1.28. The average Bonchev–Trinajstić information content (AvgIpc) is 3.00. The van der Waals surface area contributed by atoms with Gasteiger partial charge in [0, 0.05) is 30.1 Å². The SMILES string of the molecule is O=C(NC1CC2CCC(C1)N2C(=O)CCCc1ccccc1)c1ccc(F)cc1. The molecule has 152 valence electrons. The quantitative estimate of drug-likeness (QED) is 0.802. The summed E-state index contributed by atoms with van der Waals surface area (Å²) < 4.78 is 13.1. The number of hydrogen-bond donors (Lipinski definition) is 1. The summed E-state index contributed by atoms with van der Waals surface area (Å²) in [6.45, 7) is 0. The van der Waals surface area contributed by atoms with Crippen LogP contribution >= 0.6 is 0 Å². The van der Waals surface area contributed by atoms with Crippen molar-refractivity contribution in [1.82, 2.24) is 10.2 Å². The standard InChI is InChI=1S/C24H27FN2O2/c25-19-11-9-18(10-12-19)24(29)26-20-15-21-13-14-22(16-20)27(21)23(28)8-4-7-17-5-2-1-3-6-17/h1-3,5-6,9-12,20-22H,4,7-8,13-16H2,(H,26,29). The van der Waals surface area contributed by atoms with E-state index in [-0.39, 0.29) is 35.8 Å². The first-order chi connectivity index (χ1) is 14.1. The molecule has 0 spiro atoms. The summed E-state index contributed by atoms with van der Waals surface area (Å²) in [6.07, 6.45) is 5.99. The molecule has 2 bridgehead atoms. The zero-order valence-corrected chi connectivity index (χ0v) is 16.5. The molecule has 0 radical (unpaired) electrons. The van der Waals surface area contributed by atoms with Crippen molar-refractivity contribution >= 4 is 11.8 Å². The number of aryl methyl sites for hydroxylation is 1. The molecule has 0 saturated carbocycles. The van der Waals surface area contributed by atoms with Gasteiger partial charge < -0.3 is 10.2 Å². The van der Waals surface area contributed by atoms with Gasteiger partial charge in [-0.2, -0.15) is 0 Å². The number of hydrogen-bond acceptors (Lipinski definition) is 2. The minimum atomic E-state index is -0.348. The normalized spacial score (nSPS) is 23.1. The topological polar surface area (TPSA) is 49.4 Å². The van der Waals surface area contributed by atoms with Crippen molar-refractivity contribution in [1.29, 1.82) is 0 Å². The fourth-order valence-electron chi connectivity index (χ4n) is 4.79. The molecule has 4 rings (SSSR count). The van der Waals surface area contributed by atoms with Crippen molar-refractivity contribution in [3.8, 4) is 0 Å². The number of fused-ring (bicyclic) bond motifs is 2. The third-order valence-electron chi connectivity index (χ3n) is 6.16. The molecule has 5 heteroatoms. The van der Waals surface area contributed by atoms with Crippen LogP contribution in [0.25, 0.3) is 0 Å². The molecule has 4 nitrogen and oxygen atoms in total. The van der Waals surface area contributed by atoms with Crippen LogP contribution in [-0.4, -0.2) is 34.8 Å². The van der Waals surface area contributed by atoms with E-state index in [9.17, 15) is 14.0 Å². The molecular weight excluding hydrogens is 367 g/mol. The molecule has 2 atom stereocenters. The van der Waals surface area contributed by atoms with Gasteiger partial charge in [-0.15, -0.1) is 0 Å². The van der Waals surface area contributed by atoms with E-state index in [2.05, 4.69) is 22.3 Å². The molecule has 2 fully saturated rings. The Labute approximate surface area is 171 Å². The number of benzene rings is 2. The summed E-state index contributed by atoms with van der Waals surface area (Å²) in [5.74, 6) is -0.271. The lowest BCUT2D eigenvalue weighted by atomic mass is 9.96. The Morgan fingerprint density at radius 2 is 1.62 bits per heavy atom. The van der Waals surface area contributed by atoms with Crippen LogP contribution in [0.2, 0.25) is 0 Å². The second kappa shape index (κ2) is 8.76. The molecule has 0 aromatic heterocycles. The Hall–Kier alpha value is -2.69. The van der Waals surface area contributed by atoms with Crippen LogP contribution in [0.3, 0.4) is 0 Å². The van der Waals surface area contributed by atoms with Crippen molar-refractivity contribution in [2.75, 3.05) is 0 Å². The molecule has 29 heavy (non-hydrogen) atoms. The van der Waals surface area contributed by atoms with E-state index >= 15 is 0 Å². The third-order valence-corrected chi connectivity index (χ3v) is 6.16. The molecule has 1 N–H and O–H groups in total. The Bertz CT molecular complexity index is 839. The summed E-state index contributed by atoms with van der Waals surface area (Å²) >= 11 is 0. The van der Waals surface area contributed by atoms with Crippen molar-refractivity contribution in [2.24, 2.45) is 0 Å². The molecule has 2 heterocycles. The summed E-state index contributed by atoms with van der Waals surface area (Å²) in [5, 5.41) is 3.08. The van der Waals surface area contributed by atoms with Crippen LogP contribution in [0.4, 0.5) is 4.39 Å². The first kappa shape index (κ1) is 19.6. The summed E-state index contributed by atoms with van der Waals surface area (Å²) in [6, 6.07) is 16.4. The maximum absolute atomic E-state index is 13.1. The second-order valence-corrected chi connectivity index (χ2v) is 8.17. The van der Waals surface area contributed by atoms with Gasteiger partial charge in [0.05, 0.1) is 0 Å². The number of rotatable bonds is 6. The number of carbonyl (C=O) groups excluding carboxylic acids is 2. The number of piperidine rings is 1. The van der Waals surface area contributed by atoms with E-state index in [4.69, 9.17) is 0 Å². The number of nitrogens with zero attached hydrogens (tertiary/aromatic N) is 1. The third kappa shape index (κ3) is 4.66. The highest BCUT2D eigenvalue weighted by atomic mass is 19.1. The predicted molar refractivity (Wildman–Crippen MR) is 110 cm³/mol. The van der Waals surface area contributed by atoms with Crippen LogP contribution in [0.15, 0.2) is 54.6 Å². The van der Waals surface area contributed by atoms with Gasteiger partial charge >= 0.3 is 0 Å². The van der Waals surface area contributed by atoms with Crippen LogP contribution in [0, 0.1) is 5.82 Å². The minimum absolute atomic E-state index is 0.0680. The highest BCUT2D eigenvalue weighted by Gasteiger charge is 2.43.